The van der Waals surface area contributed by atoms with Crippen LogP contribution in [0.2, 0.25) is 0 Å². The van der Waals surface area contributed by atoms with Crippen molar-refractivity contribution in [3.8, 4) is 0 Å². The summed E-state index contributed by atoms with van der Waals surface area (Å²) >= 11 is 0. The Bertz CT molecular complexity index is 490. The van der Waals surface area contributed by atoms with Crippen LogP contribution in [0.3, 0.4) is 0 Å². The minimum atomic E-state index is -2.52. The highest BCUT2D eigenvalue weighted by molar-refractivity contribution is 5.91. The molecular formula is C14H20O8. The Hall–Kier alpha value is -1.93. The normalized spacial score (nSPS) is 24.6. The second-order valence-electron chi connectivity index (χ2n) is 5.76. The van der Waals surface area contributed by atoms with E-state index < -0.39 is 47.6 Å². The minimum absolute atomic E-state index is 0.330. The zero-order valence-corrected chi connectivity index (χ0v) is 13.0. The quantitative estimate of drug-likeness (QED) is 0.317. The van der Waals surface area contributed by atoms with E-state index in [1.165, 1.54) is 0 Å². The molecule has 1 saturated heterocycles. The maximum absolute atomic E-state index is 11.6. The average molecular weight is 316 g/mol. The van der Waals surface area contributed by atoms with Crippen LogP contribution in [-0.4, -0.2) is 53.5 Å². The molecule has 0 amide bonds. The molecule has 0 aliphatic carbocycles. The number of rotatable bonds is 6. The second kappa shape index (κ2) is 6.45. The summed E-state index contributed by atoms with van der Waals surface area (Å²) in [5.41, 5.74) is -0.696. The van der Waals surface area contributed by atoms with E-state index in [2.05, 4.69) is 11.3 Å². The maximum Gasteiger partial charge on any atom is 0.382 e. The van der Waals surface area contributed by atoms with E-state index in [0.717, 1.165) is 6.92 Å². The van der Waals surface area contributed by atoms with Gasteiger partial charge in [-0.15, -0.1) is 0 Å². The first-order valence-electron chi connectivity index (χ1n) is 6.57. The average Bonchev–Trinajstić information content (AvgIpc) is 2.61. The number of ether oxygens (including phenoxy) is 4. The summed E-state index contributed by atoms with van der Waals surface area (Å²) < 4.78 is 19.7. The molecule has 0 aromatic heterocycles. The zero-order chi connectivity index (χ0) is 17.1. The summed E-state index contributed by atoms with van der Waals surface area (Å²) in [4.78, 5) is 34.3. The van der Waals surface area contributed by atoms with Gasteiger partial charge in [-0.25, -0.2) is 9.59 Å². The first-order valence-corrected chi connectivity index (χ1v) is 6.57. The van der Waals surface area contributed by atoms with Crippen molar-refractivity contribution in [3.05, 3.63) is 12.3 Å². The molecule has 0 bridgehead atoms. The fraction of sp³-hybridized carbons (Fsp3) is 0.643. The highest BCUT2D eigenvalue weighted by Crippen LogP contribution is 2.27. The molecule has 1 heterocycles. The smallest absolute Gasteiger partial charge is 0.382 e. The predicted molar refractivity (Wildman–Crippen MR) is 72.4 cm³/mol. The SMILES string of the molecule is C=C(OC1(O)C(=O)OCC1OCC(=O)OC(C)(C)C)C(C)=O. The highest BCUT2D eigenvalue weighted by Gasteiger charge is 2.56. The number of carbonyl (C=O) groups excluding carboxylic acids is 3. The lowest BCUT2D eigenvalue weighted by atomic mass is 10.2. The number of aliphatic hydroxyl groups is 1. The lowest BCUT2D eigenvalue weighted by Gasteiger charge is -2.26. The van der Waals surface area contributed by atoms with Crippen molar-refractivity contribution in [1.82, 2.24) is 0 Å². The number of cyclic esters (lactones) is 1. The van der Waals surface area contributed by atoms with Gasteiger partial charge in [0.05, 0.1) is 0 Å². The van der Waals surface area contributed by atoms with Gasteiger partial charge in [0, 0.05) is 6.92 Å². The van der Waals surface area contributed by atoms with Crippen molar-refractivity contribution in [3.63, 3.8) is 0 Å². The van der Waals surface area contributed by atoms with Gasteiger partial charge in [-0.05, 0) is 20.8 Å². The highest BCUT2D eigenvalue weighted by atomic mass is 16.7. The van der Waals surface area contributed by atoms with E-state index in [0.29, 0.717) is 0 Å². The van der Waals surface area contributed by atoms with Gasteiger partial charge in [0.1, 0.15) is 18.8 Å². The Morgan fingerprint density at radius 2 is 2.05 bits per heavy atom. The lowest BCUT2D eigenvalue weighted by Crippen LogP contribution is -2.49. The molecule has 0 radical (unpaired) electrons. The molecule has 22 heavy (non-hydrogen) atoms. The van der Waals surface area contributed by atoms with Crippen LogP contribution < -0.4 is 0 Å². The zero-order valence-electron chi connectivity index (χ0n) is 13.0. The van der Waals surface area contributed by atoms with Crippen molar-refractivity contribution in [1.29, 1.82) is 0 Å². The topological polar surface area (TPSA) is 108 Å². The Morgan fingerprint density at radius 3 is 2.55 bits per heavy atom. The van der Waals surface area contributed by atoms with Crippen molar-refractivity contribution in [2.75, 3.05) is 13.2 Å². The van der Waals surface area contributed by atoms with Gasteiger partial charge in [0.2, 0.25) is 0 Å². The maximum atomic E-state index is 11.6. The van der Waals surface area contributed by atoms with Crippen LogP contribution in [0.4, 0.5) is 0 Å². The first kappa shape index (κ1) is 18.1. The molecule has 8 heteroatoms. The molecule has 1 N–H and O–H groups in total. The summed E-state index contributed by atoms with van der Waals surface area (Å²) in [6, 6.07) is 0. The third-order valence-corrected chi connectivity index (χ3v) is 2.59. The van der Waals surface area contributed by atoms with Gasteiger partial charge < -0.3 is 24.1 Å². The van der Waals surface area contributed by atoms with Crippen LogP contribution >= 0.6 is 0 Å². The molecular weight excluding hydrogens is 296 g/mol. The molecule has 0 aromatic rings. The summed E-state index contributed by atoms with van der Waals surface area (Å²) in [5, 5.41) is 10.2. The van der Waals surface area contributed by atoms with E-state index in [1.54, 1.807) is 20.8 Å². The predicted octanol–water partition coefficient (Wildman–Crippen LogP) is 0.0780. The molecule has 0 saturated carbocycles. The number of esters is 2. The number of carbonyl (C=O) groups is 3. The van der Waals surface area contributed by atoms with Crippen molar-refractivity contribution in [2.24, 2.45) is 0 Å². The summed E-state index contributed by atoms with van der Waals surface area (Å²) in [5.74, 6) is -5.32. The van der Waals surface area contributed by atoms with Gasteiger partial charge in [-0.2, -0.15) is 0 Å². The summed E-state index contributed by atoms with van der Waals surface area (Å²) in [6.07, 6.45) is -1.29. The molecule has 2 atom stereocenters. The van der Waals surface area contributed by atoms with Crippen LogP contribution in [0.1, 0.15) is 27.7 Å². The van der Waals surface area contributed by atoms with Gasteiger partial charge in [-0.1, -0.05) is 6.58 Å². The van der Waals surface area contributed by atoms with E-state index in [1.807, 2.05) is 0 Å². The van der Waals surface area contributed by atoms with Crippen LogP contribution in [-0.2, 0) is 33.3 Å². The fourth-order valence-corrected chi connectivity index (χ4v) is 1.57. The van der Waals surface area contributed by atoms with Crippen molar-refractivity contribution >= 4 is 17.7 Å². The third-order valence-electron chi connectivity index (χ3n) is 2.59. The van der Waals surface area contributed by atoms with Gasteiger partial charge >= 0.3 is 17.7 Å². The molecule has 8 nitrogen and oxygen atoms in total. The number of Topliss-reactive ketones (excluding diaryl/α,β-unsaturated/α-hetero) is 1. The monoisotopic (exact) mass is 316 g/mol. The Labute approximate surface area is 128 Å². The van der Waals surface area contributed by atoms with Crippen LogP contribution in [0.15, 0.2) is 12.3 Å². The fourth-order valence-electron chi connectivity index (χ4n) is 1.57. The van der Waals surface area contributed by atoms with E-state index in [-0.39, 0.29) is 6.61 Å². The van der Waals surface area contributed by atoms with Gasteiger partial charge in [-0.3, -0.25) is 4.79 Å². The lowest BCUT2D eigenvalue weighted by molar-refractivity contribution is -0.227. The summed E-state index contributed by atoms with van der Waals surface area (Å²) in [7, 11) is 0. The Kier molecular flexibility index (Phi) is 5.31. The largest absolute Gasteiger partial charge is 0.458 e. The molecule has 124 valence electrons. The number of ketones is 1. The molecule has 1 aliphatic heterocycles. The Morgan fingerprint density at radius 1 is 1.45 bits per heavy atom. The van der Waals surface area contributed by atoms with E-state index >= 15 is 0 Å². The van der Waals surface area contributed by atoms with Gasteiger partial charge in [0.25, 0.3) is 0 Å². The van der Waals surface area contributed by atoms with Crippen molar-refractivity contribution < 1.29 is 38.4 Å². The van der Waals surface area contributed by atoms with Crippen LogP contribution in [0.25, 0.3) is 0 Å². The Balaban J connectivity index is 2.69. The van der Waals surface area contributed by atoms with Crippen molar-refractivity contribution in [2.45, 2.75) is 45.2 Å². The van der Waals surface area contributed by atoms with E-state index in [9.17, 15) is 19.5 Å². The molecule has 1 rings (SSSR count). The molecule has 1 fully saturated rings. The first-order chi connectivity index (χ1) is 9.95. The molecule has 1 aliphatic rings. The van der Waals surface area contributed by atoms with Crippen LogP contribution in [0, 0.1) is 0 Å². The molecule has 2 unspecified atom stereocenters. The molecule has 0 aromatic carbocycles. The molecule has 0 spiro atoms. The third kappa shape index (κ3) is 4.54. The minimum Gasteiger partial charge on any atom is -0.458 e. The number of allylic oxidation sites excluding steroid dienone is 1. The van der Waals surface area contributed by atoms with Gasteiger partial charge in [0.15, 0.2) is 17.6 Å². The van der Waals surface area contributed by atoms with Crippen LogP contribution in [0.5, 0.6) is 0 Å². The second-order valence-corrected chi connectivity index (χ2v) is 5.76. The number of hydrogen-bond donors (Lipinski definition) is 1. The van der Waals surface area contributed by atoms with E-state index in [4.69, 9.17) is 14.2 Å². The standard InChI is InChI=1S/C14H20O8/c1-8(15)9(2)21-14(18)10(6-20-12(14)17)19-7-11(16)22-13(3,4)5/h10,18H,2,6-7H2,1,3-5H3. The summed E-state index contributed by atoms with van der Waals surface area (Å²) in [6.45, 7) is 8.65. The number of hydrogen-bond acceptors (Lipinski definition) is 8.